The van der Waals surface area contributed by atoms with Gasteiger partial charge < -0.3 is 20.3 Å². The predicted octanol–water partition coefficient (Wildman–Crippen LogP) is 0.301. The van der Waals surface area contributed by atoms with Crippen molar-refractivity contribution in [2.75, 3.05) is 57.9 Å². The molecule has 1 aromatic heterocycles. The topological polar surface area (TPSA) is 102 Å². The summed E-state index contributed by atoms with van der Waals surface area (Å²) >= 11 is 0. The second kappa shape index (κ2) is 11.1. The van der Waals surface area contributed by atoms with Crippen molar-refractivity contribution in [1.29, 1.82) is 0 Å². The quantitative estimate of drug-likeness (QED) is 0.348. The summed E-state index contributed by atoms with van der Waals surface area (Å²) in [4.78, 5) is 32.7. The lowest BCUT2D eigenvalue weighted by molar-refractivity contribution is -0.138. The van der Waals surface area contributed by atoms with Crippen LogP contribution in [0.1, 0.15) is 36.7 Å². The molecule has 2 amide bonds. The number of ether oxygens (including phenoxy) is 1. The number of rotatable bonds is 7. The van der Waals surface area contributed by atoms with Crippen molar-refractivity contribution in [2.24, 2.45) is 5.92 Å². The lowest BCUT2D eigenvalue weighted by Gasteiger charge is -2.49. The summed E-state index contributed by atoms with van der Waals surface area (Å²) in [6, 6.07) is 2.62. The zero-order chi connectivity index (χ0) is 26.1. The molecular formula is C25H37F2N7O3. The summed E-state index contributed by atoms with van der Waals surface area (Å²) < 4.78 is 35.3. The summed E-state index contributed by atoms with van der Waals surface area (Å²) in [6.07, 6.45) is 1.25. The Balaban J connectivity index is 1.13. The van der Waals surface area contributed by atoms with Crippen LogP contribution in [0.5, 0.6) is 0 Å². The second-order valence-electron chi connectivity index (χ2n) is 10.6. The monoisotopic (exact) mass is 521 g/mol. The highest BCUT2D eigenvalue weighted by Gasteiger charge is 2.52. The third kappa shape index (κ3) is 5.43. The van der Waals surface area contributed by atoms with E-state index in [4.69, 9.17) is 4.74 Å². The average Bonchev–Trinajstić information content (AvgIpc) is 3.29. The zero-order valence-electron chi connectivity index (χ0n) is 21.5. The molecule has 0 aromatic carbocycles. The third-order valence-electron chi connectivity index (χ3n) is 8.15. The van der Waals surface area contributed by atoms with E-state index in [-0.39, 0.29) is 35.6 Å². The van der Waals surface area contributed by atoms with Crippen LogP contribution >= 0.6 is 0 Å². The SMILES string of the molecule is COCCNC(=O)c1ccc(N2CCN(CC3CCC4C(NC(=O)C5CC(C)NN54)C3F)CC2)c(F)n1. The van der Waals surface area contributed by atoms with Crippen LogP contribution in [0, 0.1) is 11.9 Å². The van der Waals surface area contributed by atoms with Gasteiger partial charge in [-0.15, -0.1) is 0 Å². The molecule has 0 radical (unpaired) electrons. The van der Waals surface area contributed by atoms with E-state index in [0.29, 0.717) is 51.6 Å². The van der Waals surface area contributed by atoms with Gasteiger partial charge in [0.2, 0.25) is 11.9 Å². The highest BCUT2D eigenvalue weighted by atomic mass is 19.1. The highest BCUT2D eigenvalue weighted by Crippen LogP contribution is 2.36. The Hall–Kier alpha value is -2.41. The normalized spacial score (nSPS) is 32.5. The summed E-state index contributed by atoms with van der Waals surface area (Å²) in [5, 5.41) is 7.62. The number of hydrogen-bond donors (Lipinski definition) is 3. The maximum Gasteiger partial charge on any atom is 0.270 e. The Morgan fingerprint density at radius 2 is 2.03 bits per heavy atom. The number of hydrazine groups is 1. The van der Waals surface area contributed by atoms with Crippen molar-refractivity contribution >= 4 is 17.5 Å². The zero-order valence-corrected chi connectivity index (χ0v) is 21.5. The fourth-order valence-corrected chi connectivity index (χ4v) is 6.22. The first-order chi connectivity index (χ1) is 17.9. The molecule has 10 nitrogen and oxygen atoms in total. The smallest absolute Gasteiger partial charge is 0.270 e. The summed E-state index contributed by atoms with van der Waals surface area (Å²) in [7, 11) is 1.54. The minimum absolute atomic E-state index is 0.0174. The van der Waals surface area contributed by atoms with Gasteiger partial charge in [-0.25, -0.2) is 14.4 Å². The molecule has 4 aliphatic rings. The number of nitrogens with zero attached hydrogens (tertiary/aromatic N) is 4. The minimum atomic E-state index is -1.11. The molecular weight excluding hydrogens is 484 g/mol. The average molecular weight is 522 g/mol. The molecule has 3 saturated heterocycles. The van der Waals surface area contributed by atoms with Crippen molar-refractivity contribution in [3.63, 3.8) is 0 Å². The van der Waals surface area contributed by atoms with Gasteiger partial charge in [-0.05, 0) is 38.3 Å². The predicted molar refractivity (Wildman–Crippen MR) is 133 cm³/mol. The van der Waals surface area contributed by atoms with Crippen LogP contribution < -0.4 is 21.0 Å². The Labute approximate surface area is 216 Å². The molecule has 4 fully saturated rings. The summed E-state index contributed by atoms with van der Waals surface area (Å²) in [6.45, 7) is 5.88. The number of carbonyl (C=O) groups is 2. The van der Waals surface area contributed by atoms with Gasteiger partial charge in [0, 0.05) is 64.4 Å². The van der Waals surface area contributed by atoms with E-state index in [1.165, 1.54) is 13.2 Å². The van der Waals surface area contributed by atoms with Gasteiger partial charge in [0.15, 0.2) is 0 Å². The Kier molecular flexibility index (Phi) is 7.89. The first-order valence-electron chi connectivity index (χ1n) is 13.3. The van der Waals surface area contributed by atoms with Crippen LogP contribution in [-0.4, -0.2) is 110 Å². The number of amides is 2. The number of nitrogens with one attached hydrogen (secondary N) is 3. The van der Waals surface area contributed by atoms with E-state index in [9.17, 15) is 14.0 Å². The molecule has 0 bridgehead atoms. The molecule has 3 aliphatic heterocycles. The molecule has 12 heteroatoms. The number of hydrogen-bond acceptors (Lipinski definition) is 8. The molecule has 6 unspecified atom stereocenters. The van der Waals surface area contributed by atoms with E-state index in [1.807, 2.05) is 9.91 Å². The van der Waals surface area contributed by atoms with E-state index in [1.54, 1.807) is 6.07 Å². The largest absolute Gasteiger partial charge is 0.383 e. The lowest BCUT2D eigenvalue weighted by Crippen LogP contribution is -2.70. The second-order valence-corrected chi connectivity index (χ2v) is 10.6. The Morgan fingerprint density at radius 3 is 2.76 bits per heavy atom. The van der Waals surface area contributed by atoms with E-state index >= 15 is 4.39 Å². The van der Waals surface area contributed by atoms with Crippen LogP contribution in [-0.2, 0) is 9.53 Å². The fraction of sp³-hybridized carbons (Fsp3) is 0.720. The number of alkyl halides is 1. The van der Waals surface area contributed by atoms with Crippen LogP contribution in [0.3, 0.4) is 0 Å². The molecule has 204 valence electrons. The van der Waals surface area contributed by atoms with Crippen molar-refractivity contribution in [1.82, 2.24) is 31.0 Å². The molecule has 1 aromatic rings. The number of piperazine rings is 2. The first-order valence-corrected chi connectivity index (χ1v) is 13.3. The number of halogens is 2. The lowest BCUT2D eigenvalue weighted by atomic mass is 9.78. The van der Waals surface area contributed by atoms with Crippen LogP contribution in [0.25, 0.3) is 0 Å². The van der Waals surface area contributed by atoms with Gasteiger partial charge in [0.05, 0.1) is 18.3 Å². The minimum Gasteiger partial charge on any atom is -0.383 e. The Morgan fingerprint density at radius 1 is 1.24 bits per heavy atom. The van der Waals surface area contributed by atoms with Crippen LogP contribution in [0.4, 0.5) is 14.5 Å². The maximum atomic E-state index is 15.7. The van der Waals surface area contributed by atoms with Gasteiger partial charge in [0.1, 0.15) is 17.9 Å². The first kappa shape index (κ1) is 26.2. The highest BCUT2D eigenvalue weighted by molar-refractivity contribution is 5.92. The van der Waals surface area contributed by atoms with Gasteiger partial charge in [-0.1, -0.05) is 0 Å². The third-order valence-corrected chi connectivity index (χ3v) is 8.15. The number of aromatic nitrogens is 1. The molecule has 0 spiro atoms. The number of anilines is 1. The van der Waals surface area contributed by atoms with Gasteiger partial charge in [-0.2, -0.15) is 4.39 Å². The number of fused-ring (bicyclic) bond motifs is 3. The summed E-state index contributed by atoms with van der Waals surface area (Å²) in [5.74, 6) is -1.35. The van der Waals surface area contributed by atoms with Gasteiger partial charge in [-0.3, -0.25) is 19.9 Å². The molecule has 37 heavy (non-hydrogen) atoms. The number of methoxy groups -OCH3 is 1. The molecule has 5 rings (SSSR count). The van der Waals surface area contributed by atoms with Crippen LogP contribution in [0.15, 0.2) is 12.1 Å². The molecule has 6 atom stereocenters. The van der Waals surface area contributed by atoms with Crippen LogP contribution in [0.2, 0.25) is 0 Å². The fourth-order valence-electron chi connectivity index (χ4n) is 6.22. The van der Waals surface area contributed by atoms with Gasteiger partial charge >= 0.3 is 0 Å². The standard InChI is InChI=1S/C25H37F2N7O3/c1-15-13-20-25(36)30-22-18(34(20)31-15)5-3-16(21(22)26)14-32-8-10-33(11-9-32)19-6-4-17(29-23(19)27)24(35)28-7-12-37-2/h4,6,15-16,18,20-22,31H,3,5,7-14H2,1-2H3,(H,28,35)(H,30,36). The molecule has 3 N–H and O–H groups in total. The van der Waals surface area contributed by atoms with E-state index in [2.05, 4.69) is 32.9 Å². The van der Waals surface area contributed by atoms with Gasteiger partial charge in [0.25, 0.3) is 5.91 Å². The molecule has 4 heterocycles. The van der Waals surface area contributed by atoms with Crippen molar-refractivity contribution in [3.05, 3.63) is 23.8 Å². The van der Waals surface area contributed by atoms with E-state index in [0.717, 1.165) is 19.3 Å². The van der Waals surface area contributed by atoms with Crippen molar-refractivity contribution in [2.45, 2.75) is 56.5 Å². The van der Waals surface area contributed by atoms with Crippen molar-refractivity contribution < 1.29 is 23.1 Å². The maximum absolute atomic E-state index is 15.7. The van der Waals surface area contributed by atoms with Crippen molar-refractivity contribution in [3.8, 4) is 0 Å². The molecule has 1 saturated carbocycles. The molecule has 1 aliphatic carbocycles. The number of carbonyl (C=O) groups excluding carboxylic acids is 2. The number of pyridine rings is 1. The summed E-state index contributed by atoms with van der Waals surface area (Å²) in [5.41, 5.74) is 3.77. The van der Waals surface area contributed by atoms with E-state index < -0.39 is 24.1 Å². The Bertz CT molecular complexity index is 993.